The average molecular weight is 420 g/mol. The monoisotopic (exact) mass is 419 g/mol. The fourth-order valence-electron chi connectivity index (χ4n) is 3.39. The number of carbonyl (C=O) groups excluding carboxylic acids is 3. The molecule has 28 heavy (non-hydrogen) atoms. The molecule has 4 amide bonds. The van der Waals surface area contributed by atoms with E-state index in [0.717, 1.165) is 15.3 Å². The van der Waals surface area contributed by atoms with Gasteiger partial charge in [0, 0.05) is 11.9 Å². The molecular formula is C20H22ClN3O3S. The molecule has 1 aliphatic rings. The van der Waals surface area contributed by atoms with E-state index >= 15 is 0 Å². The SMILES string of the molecule is CCCC1(c2ccccc2)NC(=O)N(CC(=O)N(C)Cc2ccc(Cl)s2)C1=O. The first-order valence-electron chi connectivity index (χ1n) is 9.05. The van der Waals surface area contributed by atoms with Gasteiger partial charge < -0.3 is 10.2 Å². The summed E-state index contributed by atoms with van der Waals surface area (Å²) in [5, 5.41) is 2.83. The first-order chi connectivity index (χ1) is 13.4. The highest BCUT2D eigenvalue weighted by Gasteiger charge is 2.52. The maximum Gasteiger partial charge on any atom is 0.325 e. The fraction of sp³-hybridized carbons (Fsp3) is 0.350. The Morgan fingerprint density at radius 1 is 1.21 bits per heavy atom. The average Bonchev–Trinajstić information content (AvgIpc) is 3.19. The van der Waals surface area contributed by atoms with Crippen LogP contribution < -0.4 is 5.32 Å². The largest absolute Gasteiger partial charge is 0.339 e. The number of likely N-dealkylation sites (N-methyl/N-ethyl adjacent to an activating group) is 1. The van der Waals surface area contributed by atoms with E-state index in [2.05, 4.69) is 5.32 Å². The third-order valence-corrected chi connectivity index (χ3v) is 6.02. The molecule has 3 rings (SSSR count). The summed E-state index contributed by atoms with van der Waals surface area (Å²) in [7, 11) is 1.64. The molecule has 2 aromatic rings. The van der Waals surface area contributed by atoms with E-state index in [-0.39, 0.29) is 18.4 Å². The van der Waals surface area contributed by atoms with Crippen LogP contribution in [-0.4, -0.2) is 41.2 Å². The van der Waals surface area contributed by atoms with Gasteiger partial charge in [-0.3, -0.25) is 14.5 Å². The van der Waals surface area contributed by atoms with Gasteiger partial charge in [-0.25, -0.2) is 4.79 Å². The van der Waals surface area contributed by atoms with Gasteiger partial charge in [-0.05, 0) is 24.1 Å². The van der Waals surface area contributed by atoms with Crippen molar-refractivity contribution in [3.63, 3.8) is 0 Å². The summed E-state index contributed by atoms with van der Waals surface area (Å²) in [5.41, 5.74) is -0.389. The molecular weight excluding hydrogens is 398 g/mol. The van der Waals surface area contributed by atoms with Crippen LogP contribution in [0, 0.1) is 0 Å². The van der Waals surface area contributed by atoms with Crippen molar-refractivity contribution >= 4 is 40.8 Å². The lowest BCUT2D eigenvalue weighted by atomic mass is 9.85. The summed E-state index contributed by atoms with van der Waals surface area (Å²) in [4.78, 5) is 41.9. The van der Waals surface area contributed by atoms with Gasteiger partial charge in [-0.15, -0.1) is 11.3 Å². The van der Waals surface area contributed by atoms with Crippen molar-refractivity contribution in [3.05, 3.63) is 57.2 Å². The molecule has 8 heteroatoms. The molecule has 0 spiro atoms. The lowest BCUT2D eigenvalue weighted by Gasteiger charge is -2.27. The van der Waals surface area contributed by atoms with Crippen molar-refractivity contribution in [1.29, 1.82) is 0 Å². The Labute approximate surface area is 173 Å². The number of urea groups is 1. The van der Waals surface area contributed by atoms with Crippen LogP contribution in [0.3, 0.4) is 0 Å². The second-order valence-electron chi connectivity index (χ2n) is 6.80. The summed E-state index contributed by atoms with van der Waals surface area (Å²) >= 11 is 7.32. The van der Waals surface area contributed by atoms with Gasteiger partial charge in [-0.1, -0.05) is 55.3 Å². The second-order valence-corrected chi connectivity index (χ2v) is 8.60. The van der Waals surface area contributed by atoms with Gasteiger partial charge >= 0.3 is 6.03 Å². The molecule has 1 unspecified atom stereocenters. The molecule has 1 atom stereocenters. The number of amides is 4. The molecule has 1 aliphatic heterocycles. The first kappa shape index (κ1) is 20.4. The topological polar surface area (TPSA) is 69.7 Å². The Morgan fingerprint density at radius 2 is 1.93 bits per heavy atom. The van der Waals surface area contributed by atoms with E-state index in [9.17, 15) is 14.4 Å². The molecule has 148 valence electrons. The van der Waals surface area contributed by atoms with Crippen LogP contribution in [-0.2, 0) is 21.7 Å². The third kappa shape index (κ3) is 3.91. The van der Waals surface area contributed by atoms with E-state index in [1.54, 1.807) is 13.1 Å². The number of thiophene rings is 1. The van der Waals surface area contributed by atoms with Crippen LogP contribution in [0.25, 0.3) is 0 Å². The van der Waals surface area contributed by atoms with Crippen molar-refractivity contribution < 1.29 is 14.4 Å². The second kappa shape index (κ2) is 8.32. The van der Waals surface area contributed by atoms with Crippen LogP contribution in [0.2, 0.25) is 4.34 Å². The number of hydrogen-bond acceptors (Lipinski definition) is 4. The number of halogens is 1. The van der Waals surface area contributed by atoms with Crippen molar-refractivity contribution in [3.8, 4) is 0 Å². The zero-order valence-electron chi connectivity index (χ0n) is 15.8. The van der Waals surface area contributed by atoms with Crippen molar-refractivity contribution in [1.82, 2.24) is 15.1 Å². The number of benzene rings is 1. The highest BCUT2D eigenvalue weighted by molar-refractivity contribution is 7.16. The predicted octanol–water partition coefficient (Wildman–Crippen LogP) is 3.61. The zero-order chi connectivity index (χ0) is 20.3. The maximum atomic E-state index is 13.2. The van der Waals surface area contributed by atoms with Crippen LogP contribution in [0.15, 0.2) is 42.5 Å². The highest BCUT2D eigenvalue weighted by Crippen LogP contribution is 2.33. The molecule has 1 saturated heterocycles. The number of nitrogens with zero attached hydrogens (tertiary/aromatic N) is 2. The molecule has 0 saturated carbocycles. The molecule has 0 aliphatic carbocycles. The normalized spacial score (nSPS) is 19.0. The number of nitrogens with one attached hydrogen (secondary N) is 1. The standard InChI is InChI=1S/C20H22ClN3O3S/c1-3-11-20(14-7-5-4-6-8-14)18(26)24(19(27)22-20)13-17(25)23(2)12-15-9-10-16(21)28-15/h4-10H,3,11-13H2,1-2H3,(H,22,27). The summed E-state index contributed by atoms with van der Waals surface area (Å²) in [5.74, 6) is -0.695. The molecule has 0 bridgehead atoms. The molecule has 1 aromatic carbocycles. The molecule has 2 heterocycles. The van der Waals surface area contributed by atoms with Crippen LogP contribution in [0.1, 0.15) is 30.2 Å². The van der Waals surface area contributed by atoms with Crippen LogP contribution in [0.5, 0.6) is 0 Å². The lowest BCUT2D eigenvalue weighted by molar-refractivity contribution is -0.139. The lowest BCUT2D eigenvalue weighted by Crippen LogP contribution is -2.45. The minimum atomic E-state index is -1.12. The molecule has 1 aromatic heterocycles. The quantitative estimate of drug-likeness (QED) is 0.697. The molecule has 1 fully saturated rings. The van der Waals surface area contributed by atoms with Gasteiger partial charge in [-0.2, -0.15) is 0 Å². The Bertz CT molecular complexity index is 886. The summed E-state index contributed by atoms with van der Waals surface area (Å²) < 4.78 is 0.650. The molecule has 6 nitrogen and oxygen atoms in total. The van der Waals surface area contributed by atoms with E-state index < -0.39 is 11.6 Å². The van der Waals surface area contributed by atoms with Gasteiger partial charge in [0.15, 0.2) is 0 Å². The zero-order valence-corrected chi connectivity index (χ0v) is 17.3. The summed E-state index contributed by atoms with van der Waals surface area (Å²) in [6.45, 7) is 2.04. The number of imide groups is 1. The Morgan fingerprint density at radius 3 is 2.54 bits per heavy atom. The first-order valence-corrected chi connectivity index (χ1v) is 10.2. The van der Waals surface area contributed by atoms with Crippen LogP contribution in [0.4, 0.5) is 4.79 Å². The third-order valence-electron chi connectivity index (χ3n) is 4.81. The fourth-order valence-corrected chi connectivity index (χ4v) is 4.53. The Kier molecular flexibility index (Phi) is 6.05. The summed E-state index contributed by atoms with van der Waals surface area (Å²) in [6.07, 6.45) is 1.18. The number of rotatable bonds is 7. The van der Waals surface area contributed by atoms with Crippen molar-refractivity contribution in [2.45, 2.75) is 31.8 Å². The van der Waals surface area contributed by atoms with Crippen molar-refractivity contribution in [2.24, 2.45) is 0 Å². The summed E-state index contributed by atoms with van der Waals surface area (Å²) in [6, 6.07) is 12.3. The highest BCUT2D eigenvalue weighted by atomic mass is 35.5. The van der Waals surface area contributed by atoms with E-state index in [1.807, 2.05) is 43.3 Å². The molecule has 1 N–H and O–H groups in total. The Hall–Kier alpha value is -2.38. The van der Waals surface area contributed by atoms with Gasteiger partial charge in [0.1, 0.15) is 12.1 Å². The maximum absolute atomic E-state index is 13.2. The number of hydrogen-bond donors (Lipinski definition) is 1. The van der Waals surface area contributed by atoms with Gasteiger partial charge in [0.2, 0.25) is 5.91 Å². The van der Waals surface area contributed by atoms with E-state index in [1.165, 1.54) is 16.2 Å². The minimum Gasteiger partial charge on any atom is -0.339 e. The van der Waals surface area contributed by atoms with E-state index in [0.29, 0.717) is 23.7 Å². The number of carbonyl (C=O) groups is 3. The van der Waals surface area contributed by atoms with Crippen LogP contribution >= 0.6 is 22.9 Å². The van der Waals surface area contributed by atoms with E-state index in [4.69, 9.17) is 11.6 Å². The Balaban J connectivity index is 1.76. The minimum absolute atomic E-state index is 0.293. The predicted molar refractivity (Wildman–Crippen MR) is 109 cm³/mol. The van der Waals surface area contributed by atoms with Crippen molar-refractivity contribution in [2.75, 3.05) is 13.6 Å². The smallest absolute Gasteiger partial charge is 0.325 e. The van der Waals surface area contributed by atoms with Gasteiger partial charge in [0.25, 0.3) is 5.91 Å². The van der Waals surface area contributed by atoms with Gasteiger partial charge in [0.05, 0.1) is 10.9 Å². The molecule has 0 radical (unpaired) electrons.